The van der Waals surface area contributed by atoms with E-state index in [4.69, 9.17) is 5.73 Å². The van der Waals surface area contributed by atoms with Crippen molar-refractivity contribution in [3.05, 3.63) is 41.7 Å². The van der Waals surface area contributed by atoms with Gasteiger partial charge in [0.1, 0.15) is 5.82 Å². The van der Waals surface area contributed by atoms with Gasteiger partial charge >= 0.3 is 0 Å². The number of benzene rings is 1. The summed E-state index contributed by atoms with van der Waals surface area (Å²) in [6, 6.07) is 6.96. The van der Waals surface area contributed by atoms with Crippen LogP contribution in [0.1, 0.15) is 25.3 Å². The smallest absolute Gasteiger partial charge is 0.132 e. The molecular weight excluding hydrogens is 203 g/mol. The summed E-state index contributed by atoms with van der Waals surface area (Å²) in [5.41, 5.74) is 7.57. The zero-order valence-corrected chi connectivity index (χ0v) is 9.28. The molecule has 1 aliphatic carbocycles. The number of hydrogen-bond donors (Lipinski definition) is 1. The summed E-state index contributed by atoms with van der Waals surface area (Å²) in [7, 11) is 0. The molecule has 1 fully saturated rings. The average molecular weight is 218 g/mol. The summed E-state index contributed by atoms with van der Waals surface area (Å²) in [4.78, 5) is 4.42. The fourth-order valence-electron chi connectivity index (χ4n) is 1.53. The van der Waals surface area contributed by atoms with Crippen molar-refractivity contribution < 1.29 is 4.39 Å². The van der Waals surface area contributed by atoms with Crippen LogP contribution in [0.4, 0.5) is 4.39 Å². The van der Waals surface area contributed by atoms with E-state index in [1.807, 2.05) is 6.92 Å². The lowest BCUT2D eigenvalue weighted by Crippen LogP contribution is -2.02. The summed E-state index contributed by atoms with van der Waals surface area (Å²) in [6.45, 7) is 1.89. The molecule has 84 valence electrons. The maximum atomic E-state index is 13.4. The molecule has 0 unspecified atom stereocenters. The fourth-order valence-corrected chi connectivity index (χ4v) is 1.53. The third kappa shape index (κ3) is 2.69. The average Bonchev–Trinajstić information content (AvgIpc) is 3.01. The lowest BCUT2D eigenvalue weighted by atomic mass is 10.1. The molecule has 1 saturated carbocycles. The van der Waals surface area contributed by atoms with Gasteiger partial charge in [0.25, 0.3) is 0 Å². The minimum Gasteiger partial charge on any atom is -0.398 e. The molecule has 2 nitrogen and oxygen atoms in total. The van der Waals surface area contributed by atoms with E-state index in [1.54, 1.807) is 24.3 Å². The van der Waals surface area contributed by atoms with Crippen molar-refractivity contribution in [2.75, 3.05) is 0 Å². The molecule has 2 rings (SSSR count). The molecule has 3 heteroatoms. The molecule has 0 bridgehead atoms. The van der Waals surface area contributed by atoms with Crippen LogP contribution >= 0.6 is 0 Å². The molecule has 0 saturated heterocycles. The molecule has 16 heavy (non-hydrogen) atoms. The van der Waals surface area contributed by atoms with E-state index in [0.29, 0.717) is 17.3 Å². The number of allylic oxidation sites excluding steroid dienone is 1. The number of nitrogens with two attached hydrogens (primary N) is 1. The molecule has 1 aliphatic rings. The lowest BCUT2D eigenvalue weighted by molar-refractivity contribution is 0.624. The largest absolute Gasteiger partial charge is 0.398 e. The summed E-state index contributed by atoms with van der Waals surface area (Å²) in [6.07, 6.45) is 4.05. The van der Waals surface area contributed by atoms with E-state index in [9.17, 15) is 4.39 Å². The molecule has 1 aromatic rings. The highest BCUT2D eigenvalue weighted by atomic mass is 19.1. The van der Waals surface area contributed by atoms with E-state index >= 15 is 0 Å². The Morgan fingerprint density at radius 3 is 2.75 bits per heavy atom. The summed E-state index contributed by atoms with van der Waals surface area (Å²) in [5.74, 6) is -0.296. The van der Waals surface area contributed by atoms with E-state index in [2.05, 4.69) is 4.99 Å². The number of hydrogen-bond acceptors (Lipinski definition) is 2. The number of rotatable bonds is 3. The first kappa shape index (κ1) is 10.9. The van der Waals surface area contributed by atoms with E-state index in [-0.39, 0.29) is 5.82 Å². The fraction of sp³-hybridized carbons (Fsp3) is 0.308. The van der Waals surface area contributed by atoms with Crippen molar-refractivity contribution in [1.29, 1.82) is 0 Å². The van der Waals surface area contributed by atoms with Crippen LogP contribution in [0.2, 0.25) is 0 Å². The van der Waals surface area contributed by atoms with Crippen LogP contribution in [0.25, 0.3) is 5.70 Å². The van der Waals surface area contributed by atoms with E-state index < -0.39 is 0 Å². The Labute approximate surface area is 94.7 Å². The third-order valence-electron chi connectivity index (χ3n) is 2.48. The Morgan fingerprint density at radius 2 is 2.12 bits per heavy atom. The molecule has 2 N–H and O–H groups in total. The minimum atomic E-state index is -0.296. The predicted octanol–water partition coefficient (Wildman–Crippen LogP) is 2.75. The lowest BCUT2D eigenvalue weighted by Gasteiger charge is -2.03. The van der Waals surface area contributed by atoms with Gasteiger partial charge in [0.15, 0.2) is 0 Å². The van der Waals surface area contributed by atoms with Crippen LogP contribution in [-0.2, 0) is 0 Å². The first-order valence-corrected chi connectivity index (χ1v) is 5.43. The Hall–Kier alpha value is -1.64. The summed E-state index contributed by atoms with van der Waals surface area (Å²) < 4.78 is 13.4. The first-order chi connectivity index (χ1) is 7.66. The Morgan fingerprint density at radius 1 is 1.44 bits per heavy atom. The van der Waals surface area contributed by atoms with Gasteiger partial charge < -0.3 is 5.73 Å². The SMILES string of the molecule is CC(/C=C(\N)c1ccccc1F)=NC1CC1. The van der Waals surface area contributed by atoms with Crippen molar-refractivity contribution in [2.45, 2.75) is 25.8 Å². The predicted molar refractivity (Wildman–Crippen MR) is 64.7 cm³/mol. The number of aliphatic imine (C=N–C) groups is 1. The molecule has 0 heterocycles. The number of nitrogens with zero attached hydrogens (tertiary/aromatic N) is 1. The number of halogens is 1. The first-order valence-electron chi connectivity index (χ1n) is 5.43. The quantitative estimate of drug-likeness (QED) is 0.778. The molecule has 0 atom stereocenters. The molecule has 0 amide bonds. The van der Waals surface area contributed by atoms with Crippen LogP contribution in [0.3, 0.4) is 0 Å². The van der Waals surface area contributed by atoms with Crippen LogP contribution < -0.4 is 5.73 Å². The van der Waals surface area contributed by atoms with E-state index in [0.717, 1.165) is 18.6 Å². The second-order valence-electron chi connectivity index (χ2n) is 4.08. The van der Waals surface area contributed by atoms with Gasteiger partial charge in [-0.25, -0.2) is 4.39 Å². The molecule has 0 spiro atoms. The van der Waals surface area contributed by atoms with Gasteiger partial charge in [-0.3, -0.25) is 4.99 Å². The zero-order chi connectivity index (χ0) is 11.5. The third-order valence-corrected chi connectivity index (χ3v) is 2.48. The minimum absolute atomic E-state index is 0.296. The molecular formula is C13H15FN2. The van der Waals surface area contributed by atoms with Crippen molar-refractivity contribution in [1.82, 2.24) is 0 Å². The van der Waals surface area contributed by atoms with Crippen molar-refractivity contribution in [3.63, 3.8) is 0 Å². The molecule has 0 aromatic heterocycles. The molecule has 0 aliphatic heterocycles. The highest BCUT2D eigenvalue weighted by molar-refractivity contribution is 5.98. The van der Waals surface area contributed by atoms with Crippen molar-refractivity contribution >= 4 is 11.4 Å². The monoisotopic (exact) mass is 218 g/mol. The van der Waals surface area contributed by atoms with Gasteiger partial charge in [0.2, 0.25) is 0 Å². The van der Waals surface area contributed by atoms with Gasteiger partial charge in [0, 0.05) is 17.0 Å². The molecule has 1 aromatic carbocycles. The highest BCUT2D eigenvalue weighted by Gasteiger charge is 2.19. The Bertz CT molecular complexity index is 445. The topological polar surface area (TPSA) is 38.4 Å². The standard InChI is InChI=1S/C13H15FN2/c1-9(16-10-6-7-10)8-13(15)11-4-2-3-5-12(11)14/h2-5,8,10H,6-7,15H2,1H3/b13-8-,16-9?. The Balaban J connectivity index is 2.20. The normalized spacial score (nSPS) is 17.6. The zero-order valence-electron chi connectivity index (χ0n) is 9.28. The maximum Gasteiger partial charge on any atom is 0.132 e. The summed E-state index contributed by atoms with van der Waals surface area (Å²) in [5, 5.41) is 0. The van der Waals surface area contributed by atoms with Crippen LogP contribution in [-0.4, -0.2) is 11.8 Å². The Kier molecular flexibility index (Phi) is 3.04. The van der Waals surface area contributed by atoms with Gasteiger partial charge in [0.05, 0.1) is 6.04 Å². The van der Waals surface area contributed by atoms with Crippen LogP contribution in [0.15, 0.2) is 35.3 Å². The van der Waals surface area contributed by atoms with Crippen molar-refractivity contribution in [2.24, 2.45) is 10.7 Å². The van der Waals surface area contributed by atoms with Crippen LogP contribution in [0, 0.1) is 5.82 Å². The van der Waals surface area contributed by atoms with Gasteiger partial charge in [-0.05, 0) is 38.0 Å². The second kappa shape index (κ2) is 4.47. The highest BCUT2D eigenvalue weighted by Crippen LogP contribution is 2.24. The van der Waals surface area contributed by atoms with E-state index in [1.165, 1.54) is 6.07 Å². The van der Waals surface area contributed by atoms with Gasteiger partial charge in [-0.1, -0.05) is 12.1 Å². The second-order valence-corrected chi connectivity index (χ2v) is 4.08. The summed E-state index contributed by atoms with van der Waals surface area (Å²) >= 11 is 0. The van der Waals surface area contributed by atoms with Gasteiger partial charge in [-0.2, -0.15) is 0 Å². The maximum absolute atomic E-state index is 13.4. The van der Waals surface area contributed by atoms with Crippen LogP contribution in [0.5, 0.6) is 0 Å². The van der Waals surface area contributed by atoms with Crippen molar-refractivity contribution in [3.8, 4) is 0 Å². The molecule has 0 radical (unpaired) electrons. The van der Waals surface area contributed by atoms with Gasteiger partial charge in [-0.15, -0.1) is 0 Å².